The Kier molecular flexibility index (Phi) is 5.45. The summed E-state index contributed by atoms with van der Waals surface area (Å²) in [6, 6.07) is 7.66. The number of aromatic nitrogens is 2. The molecule has 0 fully saturated rings. The first-order valence-corrected chi connectivity index (χ1v) is 8.36. The fraction of sp³-hybridized carbons (Fsp3) is 0.286. The fourth-order valence-corrected chi connectivity index (χ4v) is 2.70. The molecular weight excluding hydrogens is 321 g/mol. The average molecular weight is 339 g/mol. The summed E-state index contributed by atoms with van der Waals surface area (Å²) in [4.78, 5) is 1.97. The molecule has 23 heavy (non-hydrogen) atoms. The van der Waals surface area contributed by atoms with Gasteiger partial charge in [0.25, 0.3) is 10.0 Å². The molecule has 0 aliphatic rings. The van der Waals surface area contributed by atoms with Crippen LogP contribution in [0.1, 0.15) is 0 Å². The van der Waals surface area contributed by atoms with E-state index in [0.29, 0.717) is 12.4 Å². The molecule has 2 rings (SSSR count). The molecule has 7 nitrogen and oxygen atoms in total. The van der Waals surface area contributed by atoms with Crippen LogP contribution in [0.2, 0.25) is 0 Å². The minimum absolute atomic E-state index is 0.0473. The highest BCUT2D eigenvalue weighted by Crippen LogP contribution is 2.15. The molecule has 124 valence electrons. The topological polar surface area (TPSA) is 87.2 Å². The molecule has 0 saturated carbocycles. The Bertz CT molecular complexity index is 733. The van der Waals surface area contributed by atoms with Gasteiger partial charge >= 0.3 is 0 Å². The Labute approximate surface area is 134 Å². The van der Waals surface area contributed by atoms with Crippen LogP contribution in [0.3, 0.4) is 0 Å². The molecule has 2 N–H and O–H groups in total. The van der Waals surface area contributed by atoms with Gasteiger partial charge in [0, 0.05) is 13.1 Å². The average Bonchev–Trinajstić information content (AvgIpc) is 2.49. The van der Waals surface area contributed by atoms with Crippen molar-refractivity contribution in [3.63, 3.8) is 0 Å². The van der Waals surface area contributed by atoms with Crippen molar-refractivity contribution in [3.8, 4) is 0 Å². The van der Waals surface area contributed by atoms with Gasteiger partial charge in [0.15, 0.2) is 5.82 Å². The van der Waals surface area contributed by atoms with E-state index in [0.717, 1.165) is 18.7 Å². The van der Waals surface area contributed by atoms with Crippen LogP contribution < -0.4 is 10.0 Å². The highest BCUT2D eigenvalue weighted by atomic mass is 32.2. The van der Waals surface area contributed by atoms with E-state index in [4.69, 9.17) is 0 Å². The van der Waals surface area contributed by atoms with Crippen molar-refractivity contribution in [2.24, 2.45) is 0 Å². The van der Waals surface area contributed by atoms with Crippen LogP contribution in [-0.4, -0.2) is 50.7 Å². The second kappa shape index (κ2) is 7.34. The van der Waals surface area contributed by atoms with Gasteiger partial charge in [-0.1, -0.05) is 0 Å². The second-order valence-corrected chi connectivity index (χ2v) is 6.78. The minimum atomic E-state index is -3.82. The molecule has 0 saturated heterocycles. The van der Waals surface area contributed by atoms with Crippen molar-refractivity contribution in [2.75, 3.05) is 37.2 Å². The zero-order valence-electron chi connectivity index (χ0n) is 12.8. The predicted molar refractivity (Wildman–Crippen MR) is 86.3 cm³/mol. The number of halogens is 1. The van der Waals surface area contributed by atoms with Gasteiger partial charge in [-0.05, 0) is 50.5 Å². The number of likely N-dealkylation sites (N-methyl/N-ethyl adjacent to an activating group) is 1. The summed E-state index contributed by atoms with van der Waals surface area (Å²) in [7, 11) is 0.101. The number of nitrogens with zero attached hydrogens (tertiary/aromatic N) is 3. The SMILES string of the molecule is CN(C)CCNc1ccc(NS(=O)(=O)c2ccc(F)cc2)nn1. The molecule has 0 spiro atoms. The lowest BCUT2D eigenvalue weighted by Gasteiger charge is -2.11. The van der Waals surface area contributed by atoms with Crippen molar-refractivity contribution in [1.29, 1.82) is 0 Å². The molecule has 1 heterocycles. The molecule has 2 aromatic rings. The van der Waals surface area contributed by atoms with Gasteiger partial charge in [-0.25, -0.2) is 12.8 Å². The van der Waals surface area contributed by atoms with Crippen molar-refractivity contribution in [1.82, 2.24) is 15.1 Å². The van der Waals surface area contributed by atoms with E-state index in [1.165, 1.54) is 18.2 Å². The van der Waals surface area contributed by atoms with Crippen LogP contribution in [-0.2, 0) is 10.0 Å². The van der Waals surface area contributed by atoms with E-state index >= 15 is 0 Å². The molecule has 1 aromatic carbocycles. The number of hydrogen-bond donors (Lipinski definition) is 2. The predicted octanol–water partition coefficient (Wildman–Crippen LogP) is 1.39. The molecule has 0 atom stereocenters. The Morgan fingerprint density at radius 3 is 2.22 bits per heavy atom. The van der Waals surface area contributed by atoms with Gasteiger partial charge in [-0.3, -0.25) is 4.72 Å². The minimum Gasteiger partial charge on any atom is -0.367 e. The first kappa shape index (κ1) is 17.1. The van der Waals surface area contributed by atoms with E-state index in [9.17, 15) is 12.8 Å². The van der Waals surface area contributed by atoms with Crippen LogP contribution in [0.5, 0.6) is 0 Å². The summed E-state index contributed by atoms with van der Waals surface area (Å²) in [5, 5.41) is 10.8. The first-order valence-electron chi connectivity index (χ1n) is 6.87. The Balaban J connectivity index is 2.01. The van der Waals surface area contributed by atoms with E-state index in [-0.39, 0.29) is 10.7 Å². The number of anilines is 2. The van der Waals surface area contributed by atoms with Crippen LogP contribution in [0, 0.1) is 5.82 Å². The molecule has 0 aliphatic heterocycles. The molecule has 0 bridgehead atoms. The molecule has 9 heteroatoms. The fourth-order valence-electron chi connectivity index (χ4n) is 1.70. The van der Waals surface area contributed by atoms with E-state index in [2.05, 4.69) is 20.2 Å². The van der Waals surface area contributed by atoms with Crippen molar-refractivity contribution in [2.45, 2.75) is 4.90 Å². The van der Waals surface area contributed by atoms with Crippen LogP contribution in [0.4, 0.5) is 16.0 Å². The normalized spacial score (nSPS) is 11.5. The summed E-state index contributed by atoms with van der Waals surface area (Å²) >= 11 is 0. The number of sulfonamides is 1. The third-order valence-electron chi connectivity index (χ3n) is 2.89. The zero-order chi connectivity index (χ0) is 16.9. The lowest BCUT2D eigenvalue weighted by atomic mass is 10.4. The van der Waals surface area contributed by atoms with Gasteiger partial charge in [-0.15, -0.1) is 10.2 Å². The summed E-state index contributed by atoms with van der Waals surface area (Å²) in [6.45, 7) is 1.53. The van der Waals surface area contributed by atoms with E-state index < -0.39 is 15.8 Å². The third kappa shape index (κ3) is 5.15. The number of nitrogens with one attached hydrogen (secondary N) is 2. The van der Waals surface area contributed by atoms with Gasteiger partial charge in [-0.2, -0.15) is 0 Å². The van der Waals surface area contributed by atoms with E-state index in [1.807, 2.05) is 19.0 Å². The Morgan fingerprint density at radius 1 is 1.04 bits per heavy atom. The lowest BCUT2D eigenvalue weighted by Crippen LogP contribution is -2.21. The largest absolute Gasteiger partial charge is 0.367 e. The van der Waals surface area contributed by atoms with Gasteiger partial charge < -0.3 is 10.2 Å². The highest BCUT2D eigenvalue weighted by molar-refractivity contribution is 7.92. The van der Waals surface area contributed by atoms with Crippen LogP contribution >= 0.6 is 0 Å². The number of rotatable bonds is 7. The summed E-state index contributed by atoms with van der Waals surface area (Å²) in [5.74, 6) is 0.140. The number of benzene rings is 1. The van der Waals surface area contributed by atoms with Crippen molar-refractivity contribution >= 4 is 21.7 Å². The maximum atomic E-state index is 12.9. The summed E-state index contributed by atoms with van der Waals surface area (Å²) in [6.07, 6.45) is 0. The first-order chi connectivity index (χ1) is 10.9. The van der Waals surface area contributed by atoms with Crippen LogP contribution in [0.15, 0.2) is 41.3 Å². The molecule has 0 amide bonds. The van der Waals surface area contributed by atoms with Crippen molar-refractivity contribution in [3.05, 3.63) is 42.2 Å². The van der Waals surface area contributed by atoms with Crippen molar-refractivity contribution < 1.29 is 12.8 Å². The maximum absolute atomic E-state index is 12.9. The smallest absolute Gasteiger partial charge is 0.263 e. The standard InChI is InChI=1S/C14H18FN5O2S/c1-20(2)10-9-16-13-7-8-14(18-17-13)19-23(21,22)12-5-3-11(15)4-6-12/h3-8H,9-10H2,1-2H3,(H,16,17)(H,18,19). The quantitative estimate of drug-likeness (QED) is 0.793. The summed E-state index contributed by atoms with van der Waals surface area (Å²) < 4.78 is 39.4. The summed E-state index contributed by atoms with van der Waals surface area (Å²) in [5.41, 5.74) is 0. The monoisotopic (exact) mass is 339 g/mol. The lowest BCUT2D eigenvalue weighted by molar-refractivity contribution is 0.425. The zero-order valence-corrected chi connectivity index (χ0v) is 13.6. The third-order valence-corrected chi connectivity index (χ3v) is 4.26. The van der Waals surface area contributed by atoms with Gasteiger partial charge in [0.05, 0.1) is 4.90 Å². The Hall–Kier alpha value is -2.26. The van der Waals surface area contributed by atoms with Gasteiger partial charge in [0.2, 0.25) is 0 Å². The second-order valence-electron chi connectivity index (χ2n) is 5.09. The molecular formula is C14H18FN5O2S. The van der Waals surface area contributed by atoms with Gasteiger partial charge in [0.1, 0.15) is 11.6 Å². The molecule has 0 aliphatic carbocycles. The maximum Gasteiger partial charge on any atom is 0.263 e. The Morgan fingerprint density at radius 2 is 1.65 bits per heavy atom. The molecule has 0 radical (unpaired) electrons. The molecule has 1 aromatic heterocycles. The van der Waals surface area contributed by atoms with Crippen LogP contribution in [0.25, 0.3) is 0 Å². The van der Waals surface area contributed by atoms with E-state index in [1.54, 1.807) is 6.07 Å². The highest BCUT2D eigenvalue weighted by Gasteiger charge is 2.15. The number of hydrogen-bond acceptors (Lipinski definition) is 6. The molecule has 0 unspecified atom stereocenters.